The summed E-state index contributed by atoms with van der Waals surface area (Å²) in [6, 6.07) is 10.2. The van der Waals surface area contributed by atoms with Crippen LogP contribution in [0.2, 0.25) is 5.82 Å². The van der Waals surface area contributed by atoms with Gasteiger partial charge in [0.2, 0.25) is 0 Å². The van der Waals surface area contributed by atoms with Crippen molar-refractivity contribution in [3.05, 3.63) is 35.9 Å². The van der Waals surface area contributed by atoms with E-state index in [9.17, 15) is 0 Å². The average molecular weight is 176 g/mol. The van der Waals surface area contributed by atoms with Crippen LogP contribution in [0.1, 0.15) is 12.0 Å². The Morgan fingerprint density at radius 2 is 1.92 bits per heavy atom. The zero-order chi connectivity index (χ0) is 9.26. The van der Waals surface area contributed by atoms with Gasteiger partial charge in [0.15, 0.2) is 0 Å². The summed E-state index contributed by atoms with van der Waals surface area (Å²) in [5.41, 5.74) is 1.29. The summed E-state index contributed by atoms with van der Waals surface area (Å²) in [5.74, 6) is 0.586. The highest BCUT2D eigenvalue weighted by Gasteiger charge is 2.44. The quantitative estimate of drug-likeness (QED) is 0.676. The van der Waals surface area contributed by atoms with E-state index >= 15 is 0 Å². The van der Waals surface area contributed by atoms with Crippen LogP contribution >= 0.6 is 0 Å². The van der Waals surface area contributed by atoms with Gasteiger partial charge in [0.1, 0.15) is 0 Å². The van der Waals surface area contributed by atoms with Crippen molar-refractivity contribution in [2.24, 2.45) is 5.92 Å². The van der Waals surface area contributed by atoms with Crippen molar-refractivity contribution in [1.82, 2.24) is 0 Å². The van der Waals surface area contributed by atoms with Gasteiger partial charge in [-0.3, -0.25) is 0 Å². The zero-order valence-corrected chi connectivity index (χ0v) is 7.43. The first-order valence-corrected chi connectivity index (χ1v) is 4.67. The molecule has 0 radical (unpaired) electrons. The van der Waals surface area contributed by atoms with E-state index in [4.69, 9.17) is 10.0 Å². The summed E-state index contributed by atoms with van der Waals surface area (Å²) in [7, 11) is -1.12. The molecule has 13 heavy (non-hydrogen) atoms. The highest BCUT2D eigenvalue weighted by molar-refractivity contribution is 6.44. The molecule has 0 heterocycles. The second kappa shape index (κ2) is 3.52. The van der Waals surface area contributed by atoms with E-state index in [0.717, 1.165) is 12.8 Å². The fourth-order valence-corrected chi connectivity index (χ4v) is 1.79. The predicted molar refractivity (Wildman–Crippen MR) is 52.2 cm³/mol. The second-order valence-corrected chi connectivity index (χ2v) is 3.76. The molecule has 0 aliphatic heterocycles. The molecule has 1 fully saturated rings. The van der Waals surface area contributed by atoms with E-state index in [2.05, 4.69) is 12.1 Å². The van der Waals surface area contributed by atoms with Gasteiger partial charge in [0.05, 0.1) is 0 Å². The Morgan fingerprint density at radius 3 is 2.46 bits per heavy atom. The topological polar surface area (TPSA) is 40.5 Å². The van der Waals surface area contributed by atoms with Gasteiger partial charge in [-0.2, -0.15) is 0 Å². The van der Waals surface area contributed by atoms with E-state index in [-0.39, 0.29) is 5.82 Å². The average Bonchev–Trinajstić information content (AvgIpc) is 2.86. The number of hydrogen-bond donors (Lipinski definition) is 2. The largest absolute Gasteiger partial charge is 0.455 e. The van der Waals surface area contributed by atoms with E-state index in [1.54, 1.807) is 0 Å². The molecule has 1 saturated carbocycles. The summed E-state index contributed by atoms with van der Waals surface area (Å²) in [6.07, 6.45) is 1.93. The van der Waals surface area contributed by atoms with Crippen LogP contribution in [-0.2, 0) is 6.42 Å². The summed E-state index contributed by atoms with van der Waals surface area (Å²) >= 11 is 0. The Morgan fingerprint density at radius 1 is 1.23 bits per heavy atom. The molecule has 1 aliphatic rings. The third-order valence-electron chi connectivity index (χ3n) is 2.70. The Kier molecular flexibility index (Phi) is 2.38. The summed E-state index contributed by atoms with van der Waals surface area (Å²) in [5, 5.41) is 17.8. The third kappa shape index (κ3) is 2.11. The molecule has 2 rings (SSSR count). The van der Waals surface area contributed by atoms with Crippen molar-refractivity contribution >= 4 is 7.12 Å². The summed E-state index contributed by atoms with van der Waals surface area (Å²) in [6.45, 7) is 0. The minimum atomic E-state index is -1.12. The standard InChI is InChI=1S/C10H13BO2/c12-11(13)10-7-9(10)6-8-4-2-1-3-5-8/h1-5,9-10,12-13H,6-7H2. The van der Waals surface area contributed by atoms with Crippen LogP contribution in [0.25, 0.3) is 0 Å². The normalized spacial score (nSPS) is 25.7. The molecule has 1 aromatic carbocycles. The van der Waals surface area contributed by atoms with Gasteiger partial charge in [-0.25, -0.2) is 0 Å². The SMILES string of the molecule is OB(O)C1CC1Cc1ccccc1. The molecular formula is C10H13BO2. The molecule has 0 bridgehead atoms. The zero-order valence-electron chi connectivity index (χ0n) is 7.43. The second-order valence-electron chi connectivity index (χ2n) is 3.76. The minimum absolute atomic E-state index is 0.111. The number of rotatable bonds is 3. The lowest BCUT2D eigenvalue weighted by atomic mass is 9.81. The fourth-order valence-electron chi connectivity index (χ4n) is 1.79. The molecule has 2 nitrogen and oxygen atoms in total. The molecular weight excluding hydrogens is 163 g/mol. The molecule has 68 valence electrons. The van der Waals surface area contributed by atoms with Crippen LogP contribution < -0.4 is 0 Å². The first kappa shape index (κ1) is 8.79. The van der Waals surface area contributed by atoms with Crippen molar-refractivity contribution in [2.75, 3.05) is 0 Å². The Bertz CT molecular complexity index is 274. The first-order valence-electron chi connectivity index (χ1n) is 4.67. The maximum absolute atomic E-state index is 8.90. The van der Waals surface area contributed by atoms with E-state index in [1.807, 2.05) is 18.2 Å². The van der Waals surface area contributed by atoms with Crippen molar-refractivity contribution in [3.8, 4) is 0 Å². The lowest BCUT2D eigenvalue weighted by Gasteiger charge is -1.99. The Hall–Kier alpha value is -0.795. The Balaban J connectivity index is 1.88. The van der Waals surface area contributed by atoms with Crippen LogP contribution in [0.15, 0.2) is 30.3 Å². The molecule has 0 saturated heterocycles. The van der Waals surface area contributed by atoms with Crippen molar-refractivity contribution < 1.29 is 10.0 Å². The van der Waals surface area contributed by atoms with Crippen LogP contribution in [0.5, 0.6) is 0 Å². The van der Waals surface area contributed by atoms with Crippen LogP contribution in [0.4, 0.5) is 0 Å². The number of benzene rings is 1. The first-order chi connectivity index (χ1) is 6.27. The molecule has 2 unspecified atom stereocenters. The van der Waals surface area contributed by atoms with Gasteiger partial charge in [0, 0.05) is 0 Å². The smallest absolute Gasteiger partial charge is 0.427 e. The van der Waals surface area contributed by atoms with Crippen LogP contribution in [-0.4, -0.2) is 17.2 Å². The van der Waals surface area contributed by atoms with Crippen molar-refractivity contribution in [2.45, 2.75) is 18.7 Å². The van der Waals surface area contributed by atoms with Crippen LogP contribution in [0, 0.1) is 5.92 Å². The molecule has 2 N–H and O–H groups in total. The Labute approximate surface area is 78.4 Å². The molecule has 1 aliphatic carbocycles. The fraction of sp³-hybridized carbons (Fsp3) is 0.400. The lowest BCUT2D eigenvalue weighted by molar-refractivity contribution is 0.400. The van der Waals surface area contributed by atoms with Crippen LogP contribution in [0.3, 0.4) is 0 Å². The molecule has 1 aromatic rings. The van der Waals surface area contributed by atoms with Gasteiger partial charge in [-0.1, -0.05) is 30.3 Å². The van der Waals surface area contributed by atoms with Gasteiger partial charge in [-0.15, -0.1) is 0 Å². The molecule has 3 heteroatoms. The molecule has 2 atom stereocenters. The summed E-state index contributed by atoms with van der Waals surface area (Å²) in [4.78, 5) is 0. The third-order valence-corrected chi connectivity index (χ3v) is 2.70. The van der Waals surface area contributed by atoms with Gasteiger partial charge in [0.25, 0.3) is 0 Å². The van der Waals surface area contributed by atoms with E-state index in [0.29, 0.717) is 5.92 Å². The highest BCUT2D eigenvalue weighted by atomic mass is 16.4. The maximum atomic E-state index is 8.90. The molecule has 0 aromatic heterocycles. The predicted octanol–water partition coefficient (Wildman–Crippen LogP) is 1.09. The highest BCUT2D eigenvalue weighted by Crippen LogP contribution is 2.47. The van der Waals surface area contributed by atoms with Gasteiger partial charge in [-0.05, 0) is 30.1 Å². The van der Waals surface area contributed by atoms with Gasteiger partial charge >= 0.3 is 7.12 Å². The van der Waals surface area contributed by atoms with Crippen molar-refractivity contribution in [3.63, 3.8) is 0 Å². The van der Waals surface area contributed by atoms with Crippen molar-refractivity contribution in [1.29, 1.82) is 0 Å². The lowest BCUT2D eigenvalue weighted by Crippen LogP contribution is -2.11. The van der Waals surface area contributed by atoms with E-state index in [1.165, 1.54) is 5.56 Å². The van der Waals surface area contributed by atoms with Gasteiger partial charge < -0.3 is 10.0 Å². The minimum Gasteiger partial charge on any atom is -0.427 e. The molecule has 0 spiro atoms. The summed E-state index contributed by atoms with van der Waals surface area (Å²) < 4.78 is 0. The molecule has 0 amide bonds. The van der Waals surface area contributed by atoms with E-state index < -0.39 is 7.12 Å². The maximum Gasteiger partial charge on any atom is 0.455 e. The number of hydrogen-bond acceptors (Lipinski definition) is 2. The monoisotopic (exact) mass is 176 g/mol.